The standard InChI is InChI=1S/C14H27N3/c1-12(2)8-9-17(11-13(10-15)16-3)14-6-4-5-7-14/h12-14,16H,4-9,11H2,1-3H3. The van der Waals surface area contributed by atoms with Crippen LogP contribution in [0.15, 0.2) is 0 Å². The van der Waals surface area contributed by atoms with E-state index in [1.54, 1.807) is 0 Å². The number of hydrogen-bond acceptors (Lipinski definition) is 3. The molecule has 0 radical (unpaired) electrons. The third kappa shape index (κ3) is 5.06. The van der Waals surface area contributed by atoms with Crippen molar-refractivity contribution in [1.82, 2.24) is 10.2 Å². The Balaban J connectivity index is 2.48. The Labute approximate surface area is 106 Å². The molecular weight excluding hydrogens is 210 g/mol. The van der Waals surface area contributed by atoms with Gasteiger partial charge in [-0.25, -0.2) is 0 Å². The van der Waals surface area contributed by atoms with E-state index in [4.69, 9.17) is 5.26 Å². The van der Waals surface area contributed by atoms with Gasteiger partial charge in [-0.05, 0) is 38.8 Å². The number of nitriles is 1. The minimum atomic E-state index is -0.0252. The molecule has 98 valence electrons. The van der Waals surface area contributed by atoms with Crippen molar-refractivity contribution < 1.29 is 0 Å². The van der Waals surface area contributed by atoms with Gasteiger partial charge in [0, 0.05) is 12.6 Å². The number of nitrogens with one attached hydrogen (secondary N) is 1. The number of hydrogen-bond donors (Lipinski definition) is 1. The molecule has 0 bridgehead atoms. The fourth-order valence-corrected chi connectivity index (χ4v) is 2.55. The van der Waals surface area contributed by atoms with Crippen molar-refractivity contribution in [3.63, 3.8) is 0 Å². The van der Waals surface area contributed by atoms with Crippen LogP contribution in [-0.2, 0) is 0 Å². The van der Waals surface area contributed by atoms with Gasteiger partial charge in [0.05, 0.1) is 6.07 Å². The van der Waals surface area contributed by atoms with Crippen LogP contribution in [0.1, 0.15) is 46.0 Å². The second-order valence-electron chi connectivity index (χ2n) is 5.59. The molecule has 1 aliphatic carbocycles. The van der Waals surface area contributed by atoms with Gasteiger partial charge in [-0.2, -0.15) is 5.26 Å². The Kier molecular flexibility index (Phi) is 6.54. The SMILES string of the molecule is CNC(C#N)CN(CCC(C)C)C1CCCC1. The van der Waals surface area contributed by atoms with Crippen molar-refractivity contribution >= 4 is 0 Å². The average molecular weight is 237 g/mol. The van der Waals surface area contributed by atoms with Gasteiger partial charge in [0.2, 0.25) is 0 Å². The molecule has 0 spiro atoms. The van der Waals surface area contributed by atoms with Crippen LogP contribution < -0.4 is 5.32 Å². The molecule has 1 saturated carbocycles. The zero-order valence-corrected chi connectivity index (χ0v) is 11.6. The minimum Gasteiger partial charge on any atom is -0.304 e. The van der Waals surface area contributed by atoms with Crippen molar-refractivity contribution in [3.8, 4) is 6.07 Å². The Hall–Kier alpha value is -0.590. The first kappa shape index (κ1) is 14.5. The average Bonchev–Trinajstić information content (AvgIpc) is 2.83. The van der Waals surface area contributed by atoms with Crippen LogP contribution in [0, 0.1) is 17.2 Å². The summed E-state index contributed by atoms with van der Waals surface area (Å²) >= 11 is 0. The first-order valence-corrected chi connectivity index (χ1v) is 6.98. The van der Waals surface area contributed by atoms with Crippen molar-refractivity contribution in [2.45, 2.75) is 58.0 Å². The van der Waals surface area contributed by atoms with Gasteiger partial charge in [0.15, 0.2) is 0 Å². The lowest BCUT2D eigenvalue weighted by molar-refractivity contribution is 0.180. The maximum absolute atomic E-state index is 9.06. The molecule has 0 aliphatic heterocycles. The summed E-state index contributed by atoms with van der Waals surface area (Å²) < 4.78 is 0. The largest absolute Gasteiger partial charge is 0.304 e. The highest BCUT2D eigenvalue weighted by atomic mass is 15.2. The number of rotatable bonds is 7. The summed E-state index contributed by atoms with van der Waals surface area (Å²) in [6.45, 7) is 6.56. The lowest BCUT2D eigenvalue weighted by Crippen LogP contribution is -2.43. The van der Waals surface area contributed by atoms with Gasteiger partial charge in [0.25, 0.3) is 0 Å². The molecule has 0 heterocycles. The Morgan fingerprint density at radius 2 is 2.00 bits per heavy atom. The maximum Gasteiger partial charge on any atom is 0.108 e. The predicted molar refractivity (Wildman–Crippen MR) is 71.7 cm³/mol. The molecule has 0 aromatic rings. The first-order chi connectivity index (χ1) is 8.17. The summed E-state index contributed by atoms with van der Waals surface area (Å²) in [7, 11) is 1.88. The van der Waals surface area contributed by atoms with E-state index in [0.29, 0.717) is 0 Å². The summed E-state index contributed by atoms with van der Waals surface area (Å²) in [6.07, 6.45) is 6.59. The summed E-state index contributed by atoms with van der Waals surface area (Å²) in [5.41, 5.74) is 0. The minimum absolute atomic E-state index is 0.0252. The molecule has 1 rings (SSSR count). The normalized spacial score (nSPS) is 18.8. The van der Waals surface area contributed by atoms with Crippen LogP contribution in [0.3, 0.4) is 0 Å². The molecule has 1 atom stereocenters. The van der Waals surface area contributed by atoms with Crippen LogP contribution in [-0.4, -0.2) is 37.1 Å². The summed E-state index contributed by atoms with van der Waals surface area (Å²) in [5, 5.41) is 12.1. The molecule has 3 heteroatoms. The van der Waals surface area contributed by atoms with Crippen molar-refractivity contribution in [2.75, 3.05) is 20.1 Å². The molecule has 1 unspecified atom stereocenters. The Morgan fingerprint density at radius 1 is 1.35 bits per heavy atom. The third-order valence-electron chi connectivity index (χ3n) is 3.76. The maximum atomic E-state index is 9.06. The molecule has 0 aromatic heterocycles. The van der Waals surface area contributed by atoms with E-state index in [-0.39, 0.29) is 6.04 Å². The molecule has 3 nitrogen and oxygen atoms in total. The number of likely N-dealkylation sites (N-methyl/N-ethyl adjacent to an activating group) is 1. The van der Waals surface area contributed by atoms with E-state index in [0.717, 1.165) is 25.0 Å². The van der Waals surface area contributed by atoms with Gasteiger partial charge in [-0.15, -0.1) is 0 Å². The lowest BCUT2D eigenvalue weighted by Gasteiger charge is -2.31. The summed E-state index contributed by atoms with van der Waals surface area (Å²) in [5.74, 6) is 0.744. The van der Waals surface area contributed by atoms with Crippen LogP contribution >= 0.6 is 0 Å². The van der Waals surface area contributed by atoms with Crippen molar-refractivity contribution in [2.24, 2.45) is 5.92 Å². The molecule has 1 fully saturated rings. The third-order valence-corrected chi connectivity index (χ3v) is 3.76. The van der Waals surface area contributed by atoms with Gasteiger partial charge in [-0.3, -0.25) is 4.90 Å². The molecule has 1 N–H and O–H groups in total. The van der Waals surface area contributed by atoms with E-state index in [9.17, 15) is 0 Å². The van der Waals surface area contributed by atoms with E-state index in [1.807, 2.05) is 7.05 Å². The van der Waals surface area contributed by atoms with Gasteiger partial charge >= 0.3 is 0 Å². The Bertz CT molecular complexity index is 238. The van der Waals surface area contributed by atoms with Crippen LogP contribution in [0.4, 0.5) is 0 Å². The second kappa shape index (κ2) is 7.68. The Morgan fingerprint density at radius 3 is 2.47 bits per heavy atom. The van der Waals surface area contributed by atoms with E-state index in [2.05, 4.69) is 30.1 Å². The zero-order valence-electron chi connectivity index (χ0n) is 11.6. The van der Waals surface area contributed by atoms with Crippen molar-refractivity contribution in [1.29, 1.82) is 5.26 Å². The van der Waals surface area contributed by atoms with Crippen molar-refractivity contribution in [3.05, 3.63) is 0 Å². The highest BCUT2D eigenvalue weighted by Crippen LogP contribution is 2.24. The topological polar surface area (TPSA) is 39.1 Å². The number of nitrogens with zero attached hydrogens (tertiary/aromatic N) is 2. The van der Waals surface area contributed by atoms with E-state index >= 15 is 0 Å². The van der Waals surface area contributed by atoms with Crippen LogP contribution in [0.25, 0.3) is 0 Å². The summed E-state index contributed by atoms with van der Waals surface area (Å²) in [4.78, 5) is 2.54. The van der Waals surface area contributed by atoms with E-state index in [1.165, 1.54) is 32.1 Å². The fraction of sp³-hybridized carbons (Fsp3) is 0.929. The molecule has 0 amide bonds. The van der Waals surface area contributed by atoms with Crippen LogP contribution in [0.5, 0.6) is 0 Å². The highest BCUT2D eigenvalue weighted by Gasteiger charge is 2.24. The van der Waals surface area contributed by atoms with Gasteiger partial charge in [0.1, 0.15) is 6.04 Å². The smallest absolute Gasteiger partial charge is 0.108 e. The molecule has 0 aromatic carbocycles. The lowest BCUT2D eigenvalue weighted by atomic mass is 10.1. The molecule has 17 heavy (non-hydrogen) atoms. The first-order valence-electron chi connectivity index (χ1n) is 6.98. The highest BCUT2D eigenvalue weighted by molar-refractivity contribution is 4.93. The zero-order chi connectivity index (χ0) is 12.7. The quantitative estimate of drug-likeness (QED) is 0.739. The second-order valence-corrected chi connectivity index (χ2v) is 5.59. The summed E-state index contributed by atoms with van der Waals surface area (Å²) in [6, 6.07) is 3.04. The predicted octanol–water partition coefficient (Wildman–Crippen LogP) is 2.39. The van der Waals surface area contributed by atoms with Gasteiger partial charge < -0.3 is 5.32 Å². The van der Waals surface area contributed by atoms with E-state index < -0.39 is 0 Å². The van der Waals surface area contributed by atoms with Crippen LogP contribution in [0.2, 0.25) is 0 Å². The fourth-order valence-electron chi connectivity index (χ4n) is 2.55. The van der Waals surface area contributed by atoms with Gasteiger partial charge in [-0.1, -0.05) is 26.7 Å². The molecule has 1 aliphatic rings. The molecule has 0 saturated heterocycles. The molecular formula is C14H27N3. The monoisotopic (exact) mass is 237 g/mol.